The van der Waals surface area contributed by atoms with E-state index in [0.29, 0.717) is 24.9 Å². The third-order valence-electron chi connectivity index (χ3n) is 8.90. The molecule has 2 amide bonds. The van der Waals surface area contributed by atoms with Crippen molar-refractivity contribution in [2.24, 2.45) is 5.92 Å². The van der Waals surface area contributed by atoms with Crippen LogP contribution in [0.1, 0.15) is 78.8 Å². The van der Waals surface area contributed by atoms with Gasteiger partial charge in [-0.1, -0.05) is 43.5 Å². The summed E-state index contributed by atoms with van der Waals surface area (Å²) in [5.74, 6) is 0.0571. The van der Waals surface area contributed by atoms with Crippen LogP contribution in [0.3, 0.4) is 0 Å². The molecule has 210 valence electrons. The predicted molar refractivity (Wildman–Crippen MR) is 146 cm³/mol. The molecule has 0 unspecified atom stereocenters. The summed E-state index contributed by atoms with van der Waals surface area (Å²) in [6, 6.07) is 14.8. The number of rotatable bonds is 7. The first-order chi connectivity index (χ1) is 18.8. The average Bonchev–Trinajstić information content (AvgIpc) is 3.46. The highest BCUT2D eigenvalue weighted by Crippen LogP contribution is 2.36. The molecule has 2 aromatic rings. The monoisotopic (exact) mass is 554 g/mol. The van der Waals surface area contributed by atoms with Gasteiger partial charge in [0.15, 0.2) is 14.6 Å². The lowest BCUT2D eigenvalue weighted by molar-refractivity contribution is -0.134. The Balaban J connectivity index is 1.20. The van der Waals surface area contributed by atoms with Crippen molar-refractivity contribution in [3.8, 4) is 0 Å². The number of nitrogens with one attached hydrogen (secondary N) is 1. The van der Waals surface area contributed by atoms with Crippen LogP contribution in [0.25, 0.3) is 0 Å². The Labute approximate surface area is 230 Å². The maximum atomic E-state index is 13.5. The van der Waals surface area contributed by atoms with Crippen molar-refractivity contribution in [2.75, 3.05) is 26.3 Å². The van der Waals surface area contributed by atoms with Gasteiger partial charge in [-0.2, -0.15) is 0 Å². The van der Waals surface area contributed by atoms with Crippen LogP contribution in [0.2, 0.25) is 0 Å². The van der Waals surface area contributed by atoms with Gasteiger partial charge in [-0.05, 0) is 85.8 Å². The predicted octanol–water partition coefficient (Wildman–Crippen LogP) is 4.27. The van der Waals surface area contributed by atoms with Crippen molar-refractivity contribution >= 4 is 21.7 Å². The molecule has 5 rings (SSSR count). The van der Waals surface area contributed by atoms with Crippen LogP contribution in [0, 0.1) is 5.92 Å². The van der Waals surface area contributed by atoms with Gasteiger partial charge in [-0.25, -0.2) is 13.9 Å². The van der Waals surface area contributed by atoms with Gasteiger partial charge < -0.3 is 9.64 Å². The van der Waals surface area contributed by atoms with Crippen LogP contribution in [0.5, 0.6) is 0 Å². The molecule has 0 radical (unpaired) electrons. The Morgan fingerprint density at radius 3 is 2.26 bits per heavy atom. The summed E-state index contributed by atoms with van der Waals surface area (Å²) in [6.45, 7) is 1.64. The number of nitrogens with zero attached hydrogens (tertiary/aromatic N) is 1. The number of amides is 2. The molecule has 3 aliphatic rings. The lowest BCUT2D eigenvalue weighted by atomic mass is 9.84. The van der Waals surface area contributed by atoms with Crippen molar-refractivity contribution < 1.29 is 28.0 Å². The van der Waals surface area contributed by atoms with Crippen molar-refractivity contribution in [3.63, 3.8) is 0 Å². The standard InChI is InChI=1S/C30H38N2O6S/c33-28(26-10-8-25(9-11-26)24-4-2-1-3-5-24)32-17-14-23(21-32)20-22-6-12-27(13-7-22)39(36,37)30(29(34)31-35)15-18-38-19-16-30/h6-13,23-24,35H,1-5,14-21H2,(H,31,34)/t23-/m0/s1. The van der Waals surface area contributed by atoms with E-state index in [4.69, 9.17) is 4.74 Å². The van der Waals surface area contributed by atoms with Crippen LogP contribution in [-0.2, 0) is 25.8 Å². The smallest absolute Gasteiger partial charge is 0.265 e. The topological polar surface area (TPSA) is 113 Å². The van der Waals surface area contributed by atoms with Gasteiger partial charge in [0.1, 0.15) is 0 Å². The minimum absolute atomic E-state index is 0.0152. The summed E-state index contributed by atoms with van der Waals surface area (Å²) in [5, 5.41) is 9.23. The van der Waals surface area contributed by atoms with Gasteiger partial charge >= 0.3 is 0 Å². The third-order valence-corrected chi connectivity index (χ3v) is 11.4. The summed E-state index contributed by atoms with van der Waals surface area (Å²) in [7, 11) is -4.05. The minimum atomic E-state index is -4.05. The molecule has 0 aromatic heterocycles. The highest BCUT2D eigenvalue weighted by molar-refractivity contribution is 7.93. The van der Waals surface area contributed by atoms with Crippen molar-refractivity contribution in [2.45, 2.75) is 73.3 Å². The average molecular weight is 555 g/mol. The molecule has 2 aliphatic heterocycles. The summed E-state index contributed by atoms with van der Waals surface area (Å²) < 4.78 is 30.4. The van der Waals surface area contributed by atoms with Gasteiger partial charge in [-0.15, -0.1) is 0 Å². The molecular formula is C30H38N2O6S. The fourth-order valence-electron chi connectivity index (χ4n) is 6.48. The fourth-order valence-corrected chi connectivity index (χ4v) is 8.42. The Kier molecular flexibility index (Phi) is 8.40. The van der Waals surface area contributed by atoms with Gasteiger partial charge in [0.05, 0.1) is 4.90 Å². The molecular weight excluding hydrogens is 516 g/mol. The zero-order chi connectivity index (χ0) is 27.5. The van der Waals surface area contributed by atoms with Gasteiger partial charge in [0, 0.05) is 31.9 Å². The first-order valence-electron chi connectivity index (χ1n) is 14.1. The molecule has 0 spiro atoms. The Morgan fingerprint density at radius 2 is 1.62 bits per heavy atom. The first-order valence-corrected chi connectivity index (χ1v) is 15.6. The summed E-state index contributed by atoms with van der Waals surface area (Å²) in [5.41, 5.74) is 4.61. The number of carbonyl (C=O) groups is 2. The molecule has 0 bridgehead atoms. The van der Waals surface area contributed by atoms with E-state index in [-0.39, 0.29) is 36.9 Å². The van der Waals surface area contributed by atoms with Crippen LogP contribution >= 0.6 is 0 Å². The van der Waals surface area contributed by atoms with E-state index in [1.54, 1.807) is 17.6 Å². The lowest BCUT2D eigenvalue weighted by Gasteiger charge is -2.34. The van der Waals surface area contributed by atoms with Gasteiger partial charge in [0.2, 0.25) is 0 Å². The van der Waals surface area contributed by atoms with E-state index in [2.05, 4.69) is 12.1 Å². The number of hydrogen-bond acceptors (Lipinski definition) is 6. The highest BCUT2D eigenvalue weighted by Gasteiger charge is 2.52. The quantitative estimate of drug-likeness (QED) is 0.391. The van der Waals surface area contributed by atoms with E-state index in [9.17, 15) is 23.2 Å². The molecule has 8 nitrogen and oxygen atoms in total. The van der Waals surface area contributed by atoms with Crippen LogP contribution < -0.4 is 5.48 Å². The zero-order valence-corrected chi connectivity index (χ0v) is 23.1. The maximum absolute atomic E-state index is 13.5. The van der Waals surface area contributed by atoms with Crippen molar-refractivity contribution in [1.82, 2.24) is 10.4 Å². The molecule has 1 atom stereocenters. The van der Waals surface area contributed by atoms with Crippen molar-refractivity contribution in [3.05, 3.63) is 65.2 Å². The second-order valence-electron chi connectivity index (χ2n) is 11.3. The molecule has 2 N–H and O–H groups in total. The molecule has 3 fully saturated rings. The number of likely N-dealkylation sites (tertiary alicyclic amines) is 1. The van der Waals surface area contributed by atoms with Crippen LogP contribution in [0.15, 0.2) is 53.4 Å². The summed E-state index contributed by atoms with van der Waals surface area (Å²) in [4.78, 5) is 27.6. The molecule has 39 heavy (non-hydrogen) atoms. The second kappa shape index (κ2) is 11.8. The number of carbonyl (C=O) groups excluding carboxylic acids is 2. The third kappa shape index (κ3) is 5.62. The summed E-state index contributed by atoms with van der Waals surface area (Å²) in [6.07, 6.45) is 7.98. The number of ether oxygens (including phenoxy) is 1. The van der Waals surface area contributed by atoms with Gasteiger partial charge in [-0.3, -0.25) is 14.8 Å². The second-order valence-corrected chi connectivity index (χ2v) is 13.5. The molecule has 1 aliphatic carbocycles. The summed E-state index contributed by atoms with van der Waals surface area (Å²) >= 11 is 0. The number of hydroxylamine groups is 1. The molecule has 2 heterocycles. The highest BCUT2D eigenvalue weighted by atomic mass is 32.2. The Morgan fingerprint density at radius 1 is 0.949 bits per heavy atom. The number of hydrogen-bond donors (Lipinski definition) is 2. The van der Waals surface area contributed by atoms with E-state index < -0.39 is 20.5 Å². The largest absolute Gasteiger partial charge is 0.381 e. The van der Waals surface area contributed by atoms with E-state index >= 15 is 0 Å². The van der Waals surface area contributed by atoms with Crippen LogP contribution in [0.4, 0.5) is 0 Å². The molecule has 9 heteroatoms. The van der Waals surface area contributed by atoms with Gasteiger partial charge in [0.25, 0.3) is 11.8 Å². The lowest BCUT2D eigenvalue weighted by Crippen LogP contribution is -2.54. The van der Waals surface area contributed by atoms with Crippen LogP contribution in [-0.4, -0.2) is 61.4 Å². The maximum Gasteiger partial charge on any atom is 0.265 e. The molecule has 2 saturated heterocycles. The van der Waals surface area contributed by atoms with E-state index in [1.807, 2.05) is 17.0 Å². The first kappa shape index (κ1) is 27.8. The van der Waals surface area contributed by atoms with E-state index in [0.717, 1.165) is 24.0 Å². The van der Waals surface area contributed by atoms with Crippen molar-refractivity contribution in [1.29, 1.82) is 0 Å². The zero-order valence-electron chi connectivity index (χ0n) is 22.3. The fraction of sp³-hybridized carbons (Fsp3) is 0.533. The number of benzene rings is 2. The minimum Gasteiger partial charge on any atom is -0.381 e. The SMILES string of the molecule is O=C(c1ccc(C2CCCCC2)cc1)N1CC[C@@H](Cc2ccc(S(=O)(=O)C3(C(=O)NO)CCOCC3)cc2)C1. The molecule has 2 aromatic carbocycles. The normalized spacial score (nSPS) is 22.0. The molecule has 1 saturated carbocycles. The Bertz CT molecular complexity index is 1260. The Hall–Kier alpha value is -2.75. The van der Waals surface area contributed by atoms with E-state index in [1.165, 1.54) is 49.8 Å². The number of sulfone groups is 1.